The summed E-state index contributed by atoms with van der Waals surface area (Å²) in [4.78, 5) is 2.31. The maximum absolute atomic E-state index is 6.06. The second-order valence-electron chi connectivity index (χ2n) is 11.6. The number of hydrogen-bond donors (Lipinski definition) is 0. The number of aromatic nitrogens is 3. The first kappa shape index (κ1) is 26.9. The lowest BCUT2D eigenvalue weighted by molar-refractivity contribution is 0.584. The van der Waals surface area contributed by atoms with Gasteiger partial charge in [-0.3, -0.25) is 0 Å². The van der Waals surface area contributed by atoms with Crippen molar-refractivity contribution >= 4 is 49.6 Å². The maximum Gasteiger partial charge on any atom is 0.248 e. The third-order valence-corrected chi connectivity index (χ3v) is 8.74. The topological polar surface area (TPSA) is 47.1 Å². The molecule has 0 radical (unpaired) electrons. The van der Waals surface area contributed by atoms with E-state index in [0.717, 1.165) is 33.9 Å². The number of benzene rings is 7. The van der Waals surface area contributed by atoms with E-state index in [1.807, 2.05) is 42.5 Å². The fourth-order valence-corrected chi connectivity index (χ4v) is 6.51. The predicted octanol–water partition coefficient (Wildman–Crippen LogP) is 11.1. The molecule has 2 heterocycles. The Balaban J connectivity index is 1.18. The van der Waals surface area contributed by atoms with Gasteiger partial charge in [-0.05, 0) is 95.7 Å². The van der Waals surface area contributed by atoms with Crippen LogP contribution in [0.1, 0.15) is 0 Å². The van der Waals surface area contributed by atoms with Crippen molar-refractivity contribution in [2.24, 2.45) is 0 Å². The summed E-state index contributed by atoms with van der Waals surface area (Å²) in [7, 11) is 0. The van der Waals surface area contributed by atoms with E-state index in [9.17, 15) is 0 Å². The minimum atomic E-state index is 0.489. The van der Waals surface area contributed by atoms with Crippen LogP contribution in [0.3, 0.4) is 0 Å². The zero-order valence-electron chi connectivity index (χ0n) is 25.4. The van der Waals surface area contributed by atoms with Gasteiger partial charge in [0, 0.05) is 44.6 Å². The summed E-state index contributed by atoms with van der Waals surface area (Å²) in [6.07, 6.45) is 0. The van der Waals surface area contributed by atoms with Crippen molar-refractivity contribution in [1.82, 2.24) is 14.8 Å². The third kappa shape index (κ3) is 4.73. The molecule has 0 atom stereocenters. The van der Waals surface area contributed by atoms with Gasteiger partial charge in [-0.2, -0.15) is 0 Å². The van der Waals surface area contributed by atoms with E-state index in [4.69, 9.17) is 4.42 Å². The Bertz CT molecular complexity index is 2520. The highest BCUT2D eigenvalue weighted by Crippen LogP contribution is 2.41. The molecule has 0 saturated heterocycles. The molecule has 2 aromatic heterocycles. The summed E-state index contributed by atoms with van der Waals surface area (Å²) in [5.41, 5.74) is 8.43. The van der Waals surface area contributed by atoms with Crippen LogP contribution in [0.15, 0.2) is 174 Å². The second-order valence-corrected chi connectivity index (χ2v) is 11.6. The molecule has 0 aliphatic heterocycles. The SMILES string of the molecule is c1ccc(-c2nnc(-c3ccc(N(c4ccc5ccccc5c4)c4ccc5c(c4)c4ccccc4n5-c4ccccc4)cc3)o2)cc1. The molecule has 9 rings (SSSR count). The highest BCUT2D eigenvalue weighted by atomic mass is 16.4. The molecular formula is C42H28N4O. The molecule has 222 valence electrons. The zero-order chi connectivity index (χ0) is 31.2. The summed E-state index contributed by atoms with van der Waals surface area (Å²) in [6, 6.07) is 59.2. The standard InChI is InChI=1S/C42H28N4O/c1-3-12-30(13-4-1)41-43-44-42(47-41)31-20-22-34(23-21-31)45(35-24-19-29-11-7-8-14-32(29)27-35)36-25-26-40-38(28-36)37-17-9-10-18-39(37)46(40)33-15-5-2-6-16-33/h1-28H. The van der Waals surface area contributed by atoms with Crippen LogP contribution in [0.2, 0.25) is 0 Å². The molecule has 0 aliphatic carbocycles. The van der Waals surface area contributed by atoms with Crippen LogP contribution in [0.5, 0.6) is 0 Å². The van der Waals surface area contributed by atoms with E-state index >= 15 is 0 Å². The molecule has 0 unspecified atom stereocenters. The van der Waals surface area contributed by atoms with E-state index < -0.39 is 0 Å². The predicted molar refractivity (Wildman–Crippen MR) is 192 cm³/mol. The monoisotopic (exact) mass is 604 g/mol. The molecule has 0 N–H and O–H groups in total. The van der Waals surface area contributed by atoms with E-state index in [-0.39, 0.29) is 0 Å². The molecule has 0 spiro atoms. The van der Waals surface area contributed by atoms with Crippen LogP contribution in [-0.2, 0) is 0 Å². The lowest BCUT2D eigenvalue weighted by atomic mass is 10.1. The first-order valence-electron chi connectivity index (χ1n) is 15.7. The van der Waals surface area contributed by atoms with Gasteiger partial charge in [-0.1, -0.05) is 84.9 Å². The van der Waals surface area contributed by atoms with Gasteiger partial charge in [0.1, 0.15) is 0 Å². The van der Waals surface area contributed by atoms with Gasteiger partial charge in [-0.15, -0.1) is 10.2 Å². The molecule has 5 nitrogen and oxygen atoms in total. The highest BCUT2D eigenvalue weighted by molar-refractivity contribution is 6.10. The van der Waals surface area contributed by atoms with Crippen LogP contribution in [0.25, 0.3) is 61.2 Å². The van der Waals surface area contributed by atoms with Crippen molar-refractivity contribution in [3.8, 4) is 28.6 Å². The minimum absolute atomic E-state index is 0.489. The Morgan fingerprint density at radius 2 is 1.00 bits per heavy atom. The van der Waals surface area contributed by atoms with Gasteiger partial charge in [-0.25, -0.2) is 0 Å². The van der Waals surface area contributed by atoms with Crippen molar-refractivity contribution in [1.29, 1.82) is 0 Å². The van der Waals surface area contributed by atoms with E-state index in [1.54, 1.807) is 0 Å². The summed E-state index contributed by atoms with van der Waals surface area (Å²) in [5.74, 6) is 0.994. The van der Waals surface area contributed by atoms with Crippen LogP contribution in [-0.4, -0.2) is 14.8 Å². The van der Waals surface area contributed by atoms with Crippen LogP contribution < -0.4 is 4.90 Å². The number of anilines is 3. The van der Waals surface area contributed by atoms with Gasteiger partial charge in [0.2, 0.25) is 11.8 Å². The van der Waals surface area contributed by atoms with E-state index in [2.05, 4.69) is 147 Å². The maximum atomic E-state index is 6.06. The van der Waals surface area contributed by atoms with E-state index in [1.165, 1.54) is 32.6 Å². The molecule has 0 amide bonds. The molecule has 0 fully saturated rings. The Morgan fingerprint density at radius 3 is 1.79 bits per heavy atom. The van der Waals surface area contributed by atoms with Crippen LogP contribution in [0.4, 0.5) is 17.1 Å². The van der Waals surface area contributed by atoms with Gasteiger partial charge in [0.15, 0.2) is 0 Å². The Labute approximate surface area is 271 Å². The molecule has 0 bridgehead atoms. The molecule has 7 aromatic carbocycles. The normalized spacial score (nSPS) is 11.4. The lowest BCUT2D eigenvalue weighted by Crippen LogP contribution is -2.10. The van der Waals surface area contributed by atoms with Crippen molar-refractivity contribution < 1.29 is 4.42 Å². The molecule has 0 aliphatic rings. The quantitative estimate of drug-likeness (QED) is 0.189. The van der Waals surface area contributed by atoms with Gasteiger partial charge in [0.05, 0.1) is 11.0 Å². The first-order chi connectivity index (χ1) is 23.3. The van der Waals surface area contributed by atoms with Crippen LogP contribution in [0, 0.1) is 0 Å². The molecule has 47 heavy (non-hydrogen) atoms. The second kappa shape index (κ2) is 11.2. The number of fused-ring (bicyclic) bond motifs is 4. The van der Waals surface area contributed by atoms with Crippen molar-refractivity contribution in [3.05, 3.63) is 170 Å². The summed E-state index contributed by atoms with van der Waals surface area (Å²) >= 11 is 0. The van der Waals surface area contributed by atoms with E-state index in [0.29, 0.717) is 11.8 Å². The Morgan fingerprint density at radius 1 is 0.426 bits per heavy atom. The smallest absolute Gasteiger partial charge is 0.248 e. The number of hydrogen-bond acceptors (Lipinski definition) is 4. The first-order valence-corrected chi connectivity index (χ1v) is 15.7. The summed E-state index contributed by atoms with van der Waals surface area (Å²) in [5, 5.41) is 13.4. The molecule has 5 heteroatoms. The molecule has 9 aromatic rings. The van der Waals surface area contributed by atoms with Crippen molar-refractivity contribution in [2.75, 3.05) is 4.90 Å². The Hall–Kier alpha value is -6.46. The minimum Gasteiger partial charge on any atom is -0.416 e. The van der Waals surface area contributed by atoms with Crippen molar-refractivity contribution in [3.63, 3.8) is 0 Å². The number of rotatable bonds is 6. The fourth-order valence-electron chi connectivity index (χ4n) is 6.51. The molecule has 0 saturated carbocycles. The van der Waals surface area contributed by atoms with Gasteiger partial charge >= 0.3 is 0 Å². The fraction of sp³-hybridized carbons (Fsp3) is 0. The van der Waals surface area contributed by atoms with Gasteiger partial charge < -0.3 is 13.9 Å². The number of para-hydroxylation sites is 2. The zero-order valence-corrected chi connectivity index (χ0v) is 25.4. The van der Waals surface area contributed by atoms with Crippen LogP contribution >= 0.6 is 0 Å². The average Bonchev–Trinajstić information content (AvgIpc) is 3.77. The van der Waals surface area contributed by atoms with Gasteiger partial charge in [0.25, 0.3) is 0 Å². The largest absolute Gasteiger partial charge is 0.416 e. The average molecular weight is 605 g/mol. The van der Waals surface area contributed by atoms with Crippen molar-refractivity contribution in [2.45, 2.75) is 0 Å². The lowest BCUT2D eigenvalue weighted by Gasteiger charge is -2.26. The molecular weight excluding hydrogens is 576 g/mol. The Kier molecular flexibility index (Phi) is 6.39. The number of nitrogens with zero attached hydrogens (tertiary/aromatic N) is 4. The highest BCUT2D eigenvalue weighted by Gasteiger charge is 2.18. The summed E-state index contributed by atoms with van der Waals surface area (Å²) < 4.78 is 8.41. The third-order valence-electron chi connectivity index (χ3n) is 8.74. The summed E-state index contributed by atoms with van der Waals surface area (Å²) in [6.45, 7) is 0.